The molecule has 0 saturated carbocycles. The van der Waals surface area contributed by atoms with Gasteiger partial charge in [-0.1, -0.05) is 46.3 Å². The summed E-state index contributed by atoms with van der Waals surface area (Å²) >= 11 is 3.42. The monoisotopic (exact) mass is 418 g/mol. The van der Waals surface area contributed by atoms with Gasteiger partial charge in [0.25, 0.3) is 0 Å². The van der Waals surface area contributed by atoms with Crippen LogP contribution in [0.15, 0.2) is 87.8 Å². The van der Waals surface area contributed by atoms with Crippen LogP contribution in [0.4, 0.5) is 5.69 Å². The molecule has 27 heavy (non-hydrogen) atoms. The molecule has 5 heteroatoms. The molecule has 132 valence electrons. The Hall–Kier alpha value is -3.18. The number of amides is 1. The van der Waals surface area contributed by atoms with Crippen LogP contribution in [0, 0.1) is 0 Å². The van der Waals surface area contributed by atoms with Gasteiger partial charge in [-0.25, -0.2) is 4.98 Å². The number of hydrogen-bond donors (Lipinski definition) is 1. The predicted molar refractivity (Wildman–Crippen MR) is 111 cm³/mol. The first-order valence-corrected chi connectivity index (χ1v) is 9.17. The van der Waals surface area contributed by atoms with Gasteiger partial charge in [-0.3, -0.25) is 4.79 Å². The lowest BCUT2D eigenvalue weighted by atomic mass is 10.2. The molecular formula is C22H15BrN2O2. The molecule has 1 aromatic heterocycles. The fourth-order valence-electron chi connectivity index (χ4n) is 2.64. The zero-order chi connectivity index (χ0) is 18.6. The number of hydrogen-bond acceptors (Lipinski definition) is 3. The molecule has 0 saturated heterocycles. The summed E-state index contributed by atoms with van der Waals surface area (Å²) < 4.78 is 6.80. The first kappa shape index (κ1) is 17.2. The number of rotatable bonds is 4. The van der Waals surface area contributed by atoms with E-state index in [0.29, 0.717) is 22.7 Å². The quantitative estimate of drug-likeness (QED) is 0.419. The summed E-state index contributed by atoms with van der Waals surface area (Å²) in [4.78, 5) is 16.7. The molecule has 0 atom stereocenters. The van der Waals surface area contributed by atoms with Gasteiger partial charge in [0.15, 0.2) is 5.58 Å². The Morgan fingerprint density at radius 2 is 1.78 bits per heavy atom. The second-order valence-corrected chi connectivity index (χ2v) is 6.86. The van der Waals surface area contributed by atoms with Crippen LogP contribution in [0.3, 0.4) is 0 Å². The third kappa shape index (κ3) is 4.15. The number of anilines is 1. The topological polar surface area (TPSA) is 55.1 Å². The fraction of sp³-hybridized carbons (Fsp3) is 0. The Balaban J connectivity index is 1.52. The van der Waals surface area contributed by atoms with Crippen LogP contribution >= 0.6 is 15.9 Å². The van der Waals surface area contributed by atoms with Crippen molar-refractivity contribution < 1.29 is 9.21 Å². The van der Waals surface area contributed by atoms with E-state index in [0.717, 1.165) is 15.6 Å². The standard InChI is InChI=1S/C22H15BrN2O2/c23-17-9-7-16(8-10-17)22-25-19-14-18(11-12-20(19)27-22)24-21(26)13-6-15-4-2-1-3-5-15/h1-14H,(H,24,26)/b13-6+. The van der Waals surface area contributed by atoms with Crippen molar-refractivity contribution in [1.29, 1.82) is 0 Å². The van der Waals surface area contributed by atoms with E-state index >= 15 is 0 Å². The fourth-order valence-corrected chi connectivity index (χ4v) is 2.91. The smallest absolute Gasteiger partial charge is 0.248 e. The number of carbonyl (C=O) groups is 1. The van der Waals surface area contributed by atoms with Gasteiger partial charge in [0.1, 0.15) is 5.52 Å². The first-order valence-electron chi connectivity index (χ1n) is 8.38. The zero-order valence-corrected chi connectivity index (χ0v) is 15.8. The number of nitrogens with one attached hydrogen (secondary N) is 1. The molecular weight excluding hydrogens is 404 g/mol. The highest BCUT2D eigenvalue weighted by atomic mass is 79.9. The van der Waals surface area contributed by atoms with Crippen LogP contribution in [0.5, 0.6) is 0 Å². The number of oxazole rings is 1. The second-order valence-electron chi connectivity index (χ2n) is 5.94. The van der Waals surface area contributed by atoms with Gasteiger partial charge in [-0.15, -0.1) is 0 Å². The molecule has 3 aromatic carbocycles. The minimum Gasteiger partial charge on any atom is -0.436 e. The molecule has 0 unspecified atom stereocenters. The Morgan fingerprint density at radius 1 is 1.00 bits per heavy atom. The molecule has 1 N–H and O–H groups in total. The molecule has 0 aliphatic heterocycles. The first-order chi connectivity index (χ1) is 13.2. The maximum atomic E-state index is 12.1. The van der Waals surface area contributed by atoms with E-state index in [2.05, 4.69) is 26.2 Å². The van der Waals surface area contributed by atoms with Gasteiger partial charge in [-0.2, -0.15) is 0 Å². The second kappa shape index (κ2) is 7.60. The van der Waals surface area contributed by atoms with E-state index in [1.165, 1.54) is 6.08 Å². The molecule has 0 spiro atoms. The lowest BCUT2D eigenvalue weighted by Crippen LogP contribution is -2.07. The highest BCUT2D eigenvalue weighted by Crippen LogP contribution is 2.27. The van der Waals surface area contributed by atoms with Crippen LogP contribution in [0.25, 0.3) is 28.6 Å². The van der Waals surface area contributed by atoms with Crippen molar-refractivity contribution in [3.05, 3.63) is 88.9 Å². The van der Waals surface area contributed by atoms with Crippen molar-refractivity contribution in [1.82, 2.24) is 4.98 Å². The van der Waals surface area contributed by atoms with Crippen molar-refractivity contribution in [2.24, 2.45) is 0 Å². The molecule has 4 nitrogen and oxygen atoms in total. The third-order valence-corrected chi connectivity index (χ3v) is 4.50. The van der Waals surface area contributed by atoms with Crippen molar-refractivity contribution in [2.75, 3.05) is 5.32 Å². The number of aromatic nitrogens is 1. The van der Waals surface area contributed by atoms with E-state index in [4.69, 9.17) is 4.42 Å². The van der Waals surface area contributed by atoms with E-state index < -0.39 is 0 Å². The minimum atomic E-state index is -0.199. The van der Waals surface area contributed by atoms with E-state index in [1.54, 1.807) is 24.3 Å². The zero-order valence-electron chi connectivity index (χ0n) is 14.2. The molecule has 0 fully saturated rings. The summed E-state index contributed by atoms with van der Waals surface area (Å²) in [5.41, 5.74) is 3.90. The molecule has 0 aliphatic rings. The summed E-state index contributed by atoms with van der Waals surface area (Å²) in [5, 5.41) is 2.85. The number of benzene rings is 3. The van der Waals surface area contributed by atoms with Crippen LogP contribution < -0.4 is 5.32 Å². The molecule has 1 heterocycles. The van der Waals surface area contributed by atoms with Gasteiger partial charge in [-0.05, 0) is 54.1 Å². The highest BCUT2D eigenvalue weighted by molar-refractivity contribution is 9.10. The Bertz CT molecular complexity index is 1120. The summed E-state index contributed by atoms with van der Waals surface area (Å²) in [7, 11) is 0. The van der Waals surface area contributed by atoms with Gasteiger partial charge < -0.3 is 9.73 Å². The van der Waals surface area contributed by atoms with Crippen LogP contribution in [-0.4, -0.2) is 10.9 Å². The van der Waals surface area contributed by atoms with E-state index in [1.807, 2.05) is 54.6 Å². The lowest BCUT2D eigenvalue weighted by molar-refractivity contribution is -0.111. The summed E-state index contributed by atoms with van der Waals surface area (Å²) in [5.74, 6) is 0.347. The number of halogens is 1. The third-order valence-electron chi connectivity index (χ3n) is 3.97. The van der Waals surface area contributed by atoms with Crippen LogP contribution in [0.1, 0.15) is 5.56 Å². The highest BCUT2D eigenvalue weighted by Gasteiger charge is 2.09. The number of carbonyl (C=O) groups excluding carboxylic acids is 1. The van der Waals surface area contributed by atoms with Crippen LogP contribution in [0.2, 0.25) is 0 Å². The molecule has 4 rings (SSSR count). The SMILES string of the molecule is O=C(/C=C/c1ccccc1)Nc1ccc2oc(-c3ccc(Br)cc3)nc2c1. The summed E-state index contributed by atoms with van der Waals surface area (Å²) in [6.45, 7) is 0. The van der Waals surface area contributed by atoms with Gasteiger partial charge in [0, 0.05) is 21.8 Å². The Labute approximate surface area is 164 Å². The van der Waals surface area contributed by atoms with Crippen LogP contribution in [-0.2, 0) is 4.79 Å². The van der Waals surface area contributed by atoms with E-state index in [-0.39, 0.29) is 5.91 Å². The Morgan fingerprint density at radius 3 is 2.56 bits per heavy atom. The maximum absolute atomic E-state index is 12.1. The predicted octanol–water partition coefficient (Wildman–Crippen LogP) is 5.91. The maximum Gasteiger partial charge on any atom is 0.248 e. The molecule has 4 aromatic rings. The van der Waals surface area contributed by atoms with Crippen molar-refractivity contribution >= 4 is 44.7 Å². The van der Waals surface area contributed by atoms with Gasteiger partial charge in [0.05, 0.1) is 0 Å². The average Bonchev–Trinajstić information content (AvgIpc) is 3.11. The minimum absolute atomic E-state index is 0.199. The lowest BCUT2D eigenvalue weighted by Gasteiger charge is -2.01. The molecule has 0 aliphatic carbocycles. The van der Waals surface area contributed by atoms with E-state index in [9.17, 15) is 4.79 Å². The van der Waals surface area contributed by atoms with Crippen molar-refractivity contribution in [3.8, 4) is 11.5 Å². The molecule has 1 amide bonds. The largest absolute Gasteiger partial charge is 0.436 e. The summed E-state index contributed by atoms with van der Waals surface area (Å²) in [6, 6.07) is 22.8. The van der Waals surface area contributed by atoms with Crippen molar-refractivity contribution in [2.45, 2.75) is 0 Å². The normalized spacial score (nSPS) is 11.1. The summed E-state index contributed by atoms with van der Waals surface area (Å²) in [6.07, 6.45) is 3.28. The molecule has 0 bridgehead atoms. The number of nitrogens with zero attached hydrogens (tertiary/aromatic N) is 1. The molecule has 0 radical (unpaired) electrons. The Kier molecular flexibility index (Phi) is 4.85. The van der Waals surface area contributed by atoms with Gasteiger partial charge >= 0.3 is 0 Å². The number of fused-ring (bicyclic) bond motifs is 1. The van der Waals surface area contributed by atoms with Gasteiger partial charge in [0.2, 0.25) is 11.8 Å². The van der Waals surface area contributed by atoms with Crippen molar-refractivity contribution in [3.63, 3.8) is 0 Å². The average molecular weight is 419 g/mol.